The molecule has 0 aliphatic rings. The number of nitrogens with one attached hydrogen (secondary N) is 3. The lowest BCUT2D eigenvalue weighted by Gasteiger charge is -2.16. The van der Waals surface area contributed by atoms with E-state index in [4.69, 9.17) is 4.74 Å². The number of hydrogen-bond acceptors (Lipinski definition) is 6. The molecular weight excluding hydrogens is 477 g/mol. The number of anilines is 3. The average molecular weight is 500 g/mol. The molecule has 3 N–H and O–H groups in total. The van der Waals surface area contributed by atoms with Crippen molar-refractivity contribution in [1.29, 1.82) is 0 Å². The van der Waals surface area contributed by atoms with Crippen LogP contribution in [0.5, 0.6) is 0 Å². The molecule has 0 aliphatic carbocycles. The van der Waals surface area contributed by atoms with E-state index >= 15 is 0 Å². The first kappa shape index (κ1) is 25.4. The maximum atomic E-state index is 13.1. The third kappa shape index (κ3) is 6.87. The van der Waals surface area contributed by atoms with Crippen LogP contribution < -0.4 is 15.4 Å². The highest BCUT2D eigenvalue weighted by atomic mass is 32.2. The number of ether oxygens (including phenoxy) is 1. The first-order valence-corrected chi connectivity index (χ1v) is 11.8. The van der Waals surface area contributed by atoms with E-state index in [0.717, 1.165) is 24.3 Å². The number of esters is 1. The Bertz CT molecular complexity index is 1340. The Kier molecular flexibility index (Phi) is 7.82. The third-order valence-electron chi connectivity index (χ3n) is 4.64. The van der Waals surface area contributed by atoms with Gasteiger partial charge in [0.05, 0.1) is 16.1 Å². The zero-order valence-corrected chi connectivity index (χ0v) is 19.6. The van der Waals surface area contributed by atoms with Gasteiger partial charge in [0, 0.05) is 18.3 Å². The van der Waals surface area contributed by atoms with Crippen LogP contribution >= 0.6 is 0 Å². The van der Waals surface area contributed by atoms with Crippen LogP contribution in [0.2, 0.25) is 0 Å². The van der Waals surface area contributed by atoms with Crippen LogP contribution in [-0.2, 0) is 24.3 Å². The fourth-order valence-electron chi connectivity index (χ4n) is 2.93. The Labute approximate surface area is 201 Å². The number of sulfonamides is 1. The molecule has 0 saturated carbocycles. The minimum Gasteiger partial charge on any atom is -0.449 e. The van der Waals surface area contributed by atoms with Gasteiger partial charge in [-0.3, -0.25) is 14.3 Å². The van der Waals surface area contributed by atoms with Crippen LogP contribution in [0.1, 0.15) is 24.2 Å². The summed E-state index contributed by atoms with van der Waals surface area (Å²) in [5.41, 5.74) is 0.787. The molecule has 3 aromatic carbocycles. The highest BCUT2D eigenvalue weighted by Crippen LogP contribution is 2.22. The molecule has 2 amide bonds. The molecule has 0 fully saturated rings. The second-order valence-corrected chi connectivity index (χ2v) is 9.08. The van der Waals surface area contributed by atoms with Gasteiger partial charge < -0.3 is 15.4 Å². The lowest BCUT2D eigenvalue weighted by Crippen LogP contribution is -2.30. The van der Waals surface area contributed by atoms with E-state index in [0.29, 0.717) is 11.4 Å². The van der Waals surface area contributed by atoms with Crippen molar-refractivity contribution < 1.29 is 31.9 Å². The number of carbonyl (C=O) groups is 3. The normalized spacial score (nSPS) is 11.7. The number of rotatable bonds is 8. The van der Waals surface area contributed by atoms with Gasteiger partial charge in [0.15, 0.2) is 6.10 Å². The van der Waals surface area contributed by atoms with Gasteiger partial charge in [0.25, 0.3) is 15.9 Å². The molecule has 0 spiro atoms. The zero-order valence-electron chi connectivity index (χ0n) is 18.7. The molecule has 1 unspecified atom stereocenters. The molecule has 3 aromatic rings. The molecule has 0 radical (unpaired) electrons. The number of benzene rings is 3. The predicted octanol–water partition coefficient (Wildman–Crippen LogP) is 3.77. The molecular formula is C24H22FN3O6S. The van der Waals surface area contributed by atoms with Crippen molar-refractivity contribution in [2.45, 2.75) is 24.8 Å². The van der Waals surface area contributed by atoms with Gasteiger partial charge >= 0.3 is 5.97 Å². The number of hydrogen-bond donors (Lipinski definition) is 3. The number of carbonyl (C=O) groups excluding carboxylic acids is 3. The van der Waals surface area contributed by atoms with Crippen LogP contribution in [0.4, 0.5) is 21.5 Å². The maximum Gasteiger partial charge on any atom is 0.341 e. The summed E-state index contributed by atoms with van der Waals surface area (Å²) < 4.78 is 45.9. The molecule has 0 aliphatic heterocycles. The average Bonchev–Trinajstić information content (AvgIpc) is 2.80. The van der Waals surface area contributed by atoms with Crippen molar-refractivity contribution in [1.82, 2.24) is 0 Å². The lowest BCUT2D eigenvalue weighted by atomic mass is 10.2. The molecule has 3 rings (SSSR count). The Morgan fingerprint density at radius 2 is 1.43 bits per heavy atom. The van der Waals surface area contributed by atoms with Crippen molar-refractivity contribution in [2.75, 3.05) is 15.4 Å². The molecule has 1 atom stereocenters. The second-order valence-electron chi connectivity index (χ2n) is 7.40. The largest absolute Gasteiger partial charge is 0.449 e. The molecule has 11 heteroatoms. The van der Waals surface area contributed by atoms with Crippen LogP contribution in [0.3, 0.4) is 0 Å². The van der Waals surface area contributed by atoms with Crippen molar-refractivity contribution >= 4 is 44.9 Å². The second kappa shape index (κ2) is 10.8. The predicted molar refractivity (Wildman–Crippen MR) is 128 cm³/mol. The van der Waals surface area contributed by atoms with Gasteiger partial charge in [-0.15, -0.1) is 0 Å². The summed E-state index contributed by atoms with van der Waals surface area (Å²) in [5.74, 6) is -2.37. The van der Waals surface area contributed by atoms with Crippen molar-refractivity contribution in [3.63, 3.8) is 0 Å². The smallest absolute Gasteiger partial charge is 0.341 e. The van der Waals surface area contributed by atoms with E-state index in [1.165, 1.54) is 38.1 Å². The van der Waals surface area contributed by atoms with Gasteiger partial charge in [0.1, 0.15) is 5.82 Å². The fourth-order valence-corrected chi connectivity index (χ4v) is 4.01. The summed E-state index contributed by atoms with van der Waals surface area (Å²) in [7, 11) is -4.11. The Morgan fingerprint density at radius 3 is 2.03 bits per heavy atom. The number of amides is 2. The summed E-state index contributed by atoms with van der Waals surface area (Å²) in [5, 5.41) is 5.19. The van der Waals surface area contributed by atoms with E-state index < -0.39 is 33.8 Å². The lowest BCUT2D eigenvalue weighted by molar-refractivity contribution is -0.123. The first-order valence-electron chi connectivity index (χ1n) is 10.3. The Balaban J connectivity index is 1.68. The molecule has 0 aromatic heterocycles. The minimum atomic E-state index is -4.11. The summed E-state index contributed by atoms with van der Waals surface area (Å²) in [4.78, 5) is 36.1. The van der Waals surface area contributed by atoms with Crippen LogP contribution in [0.15, 0.2) is 77.7 Å². The third-order valence-corrected chi connectivity index (χ3v) is 6.02. The van der Waals surface area contributed by atoms with Gasteiger partial charge in [-0.2, -0.15) is 0 Å². The van der Waals surface area contributed by atoms with Crippen molar-refractivity contribution in [2.24, 2.45) is 0 Å². The summed E-state index contributed by atoms with van der Waals surface area (Å²) in [6, 6.07) is 16.2. The van der Waals surface area contributed by atoms with Crippen LogP contribution in [-0.4, -0.2) is 32.3 Å². The fraction of sp³-hybridized carbons (Fsp3) is 0.125. The van der Waals surface area contributed by atoms with Gasteiger partial charge in [-0.1, -0.05) is 12.1 Å². The van der Waals surface area contributed by atoms with E-state index in [1.54, 1.807) is 24.3 Å². The SMILES string of the molecule is CC(=O)Nc1ccc(NC(=O)C(C)OC(=O)c2ccccc2NS(=O)(=O)c2ccc(F)cc2)cc1. The Hall–Kier alpha value is -4.25. The molecule has 0 heterocycles. The zero-order chi connectivity index (χ0) is 25.6. The van der Waals surface area contributed by atoms with E-state index in [-0.39, 0.29) is 22.1 Å². The Morgan fingerprint density at radius 1 is 0.857 bits per heavy atom. The molecule has 9 nitrogen and oxygen atoms in total. The summed E-state index contributed by atoms with van der Waals surface area (Å²) in [6.07, 6.45) is -1.21. The monoisotopic (exact) mass is 499 g/mol. The highest BCUT2D eigenvalue weighted by Gasteiger charge is 2.23. The maximum absolute atomic E-state index is 13.1. The highest BCUT2D eigenvalue weighted by molar-refractivity contribution is 7.92. The van der Waals surface area contributed by atoms with E-state index in [1.807, 2.05) is 0 Å². The minimum absolute atomic E-state index is 0.0667. The summed E-state index contributed by atoms with van der Waals surface area (Å²) >= 11 is 0. The summed E-state index contributed by atoms with van der Waals surface area (Å²) in [6.45, 7) is 2.74. The van der Waals surface area contributed by atoms with Crippen LogP contribution in [0.25, 0.3) is 0 Å². The molecule has 0 saturated heterocycles. The van der Waals surface area contributed by atoms with Gasteiger partial charge in [0.2, 0.25) is 5.91 Å². The number of halogens is 1. The van der Waals surface area contributed by atoms with Crippen molar-refractivity contribution in [3.05, 3.63) is 84.2 Å². The number of para-hydroxylation sites is 1. The molecule has 0 bridgehead atoms. The van der Waals surface area contributed by atoms with Crippen molar-refractivity contribution in [3.8, 4) is 0 Å². The van der Waals surface area contributed by atoms with Gasteiger partial charge in [-0.05, 0) is 67.6 Å². The quantitative estimate of drug-likeness (QED) is 0.405. The first-order chi connectivity index (χ1) is 16.5. The molecule has 35 heavy (non-hydrogen) atoms. The van der Waals surface area contributed by atoms with E-state index in [9.17, 15) is 27.2 Å². The topological polar surface area (TPSA) is 131 Å². The standard InChI is InChI=1S/C24H22FN3O6S/c1-15(23(30)27-19-11-9-18(10-12-19)26-16(2)29)34-24(31)21-5-3-4-6-22(21)28-35(32,33)20-13-7-17(25)8-14-20/h3-15,28H,1-2H3,(H,26,29)(H,27,30). The molecule has 182 valence electrons. The van der Waals surface area contributed by atoms with Crippen LogP contribution in [0, 0.1) is 5.82 Å². The van der Waals surface area contributed by atoms with E-state index in [2.05, 4.69) is 15.4 Å². The van der Waals surface area contributed by atoms with Gasteiger partial charge in [-0.25, -0.2) is 17.6 Å².